The summed E-state index contributed by atoms with van der Waals surface area (Å²) < 4.78 is 32.0. The fourth-order valence-corrected chi connectivity index (χ4v) is 1.95. The summed E-state index contributed by atoms with van der Waals surface area (Å²) in [4.78, 5) is 23.5. The van der Waals surface area contributed by atoms with E-state index in [4.69, 9.17) is 9.84 Å². The second-order valence-corrected chi connectivity index (χ2v) is 4.55. The zero-order chi connectivity index (χ0) is 14.8. The van der Waals surface area contributed by atoms with Gasteiger partial charge in [0.2, 0.25) is 5.67 Å². The van der Waals surface area contributed by atoms with Gasteiger partial charge in [0.15, 0.2) is 18.2 Å². The van der Waals surface area contributed by atoms with Crippen molar-refractivity contribution in [2.45, 2.75) is 12.1 Å². The van der Waals surface area contributed by atoms with Gasteiger partial charge in [0.05, 0.1) is 6.54 Å². The zero-order valence-electron chi connectivity index (χ0n) is 10.5. The number of aliphatic carboxylic acids is 1. The van der Waals surface area contributed by atoms with E-state index in [1.807, 2.05) is 0 Å². The Bertz CT molecular complexity index is 537. The second kappa shape index (κ2) is 5.44. The molecular weight excluding hydrogens is 272 g/mol. The van der Waals surface area contributed by atoms with Gasteiger partial charge in [0, 0.05) is 13.0 Å². The number of nitrogens with zero attached hydrogens (tertiary/aromatic N) is 1. The maximum atomic E-state index is 13.8. The highest BCUT2D eigenvalue weighted by atomic mass is 19.1. The predicted molar refractivity (Wildman–Crippen MR) is 64.6 cm³/mol. The van der Waals surface area contributed by atoms with E-state index in [1.165, 1.54) is 18.2 Å². The molecule has 0 radical (unpaired) electrons. The zero-order valence-corrected chi connectivity index (χ0v) is 10.5. The number of carbonyl (C=O) groups is 2. The van der Waals surface area contributed by atoms with Crippen molar-refractivity contribution in [1.82, 2.24) is 4.90 Å². The molecule has 1 aliphatic heterocycles. The molecule has 20 heavy (non-hydrogen) atoms. The smallest absolute Gasteiger partial charge is 0.343 e. The molecule has 7 heteroatoms. The topological polar surface area (TPSA) is 66.8 Å². The van der Waals surface area contributed by atoms with Gasteiger partial charge in [-0.25, -0.2) is 13.6 Å². The largest absolute Gasteiger partial charge is 0.481 e. The highest BCUT2D eigenvalue weighted by Gasteiger charge is 2.46. The van der Waals surface area contributed by atoms with Crippen LogP contribution in [-0.2, 0) is 9.59 Å². The van der Waals surface area contributed by atoms with Gasteiger partial charge in [-0.2, -0.15) is 0 Å². The molecule has 1 heterocycles. The standard InChI is InChI=1S/C13H13F2NO4/c14-9-3-1-2-4-10(9)20-7-11(17)16-6-5-13(15,8-16)12(18)19/h1-4H,5-8H2,(H,18,19). The van der Waals surface area contributed by atoms with Crippen LogP contribution in [0.15, 0.2) is 24.3 Å². The van der Waals surface area contributed by atoms with Crippen molar-refractivity contribution >= 4 is 11.9 Å². The van der Waals surface area contributed by atoms with Crippen LogP contribution in [0, 0.1) is 5.82 Å². The van der Waals surface area contributed by atoms with Crippen LogP contribution >= 0.6 is 0 Å². The van der Waals surface area contributed by atoms with Gasteiger partial charge in [-0.15, -0.1) is 0 Å². The van der Waals surface area contributed by atoms with Crippen LogP contribution in [0.4, 0.5) is 8.78 Å². The summed E-state index contributed by atoms with van der Waals surface area (Å²) in [5.74, 6) is -2.84. The van der Waals surface area contributed by atoms with E-state index < -0.39 is 36.5 Å². The monoisotopic (exact) mass is 285 g/mol. The average molecular weight is 285 g/mol. The van der Waals surface area contributed by atoms with E-state index in [-0.39, 0.29) is 18.7 Å². The Balaban J connectivity index is 1.91. The Morgan fingerprint density at radius 1 is 1.40 bits per heavy atom. The number of para-hydroxylation sites is 1. The van der Waals surface area contributed by atoms with E-state index in [0.717, 1.165) is 4.90 Å². The average Bonchev–Trinajstić information content (AvgIpc) is 2.82. The first kappa shape index (κ1) is 14.2. The molecule has 1 unspecified atom stereocenters. The number of carboxylic acids is 1. The molecule has 108 valence electrons. The number of hydrogen-bond donors (Lipinski definition) is 1. The van der Waals surface area contributed by atoms with E-state index in [2.05, 4.69) is 0 Å². The third-order valence-corrected chi connectivity index (χ3v) is 3.14. The summed E-state index contributed by atoms with van der Waals surface area (Å²) >= 11 is 0. The lowest BCUT2D eigenvalue weighted by molar-refractivity contribution is -0.150. The van der Waals surface area contributed by atoms with Crippen molar-refractivity contribution in [1.29, 1.82) is 0 Å². The Morgan fingerprint density at radius 3 is 2.70 bits per heavy atom. The summed E-state index contributed by atoms with van der Waals surface area (Å²) in [5, 5.41) is 8.72. The second-order valence-electron chi connectivity index (χ2n) is 4.55. The summed E-state index contributed by atoms with van der Waals surface area (Å²) in [5.41, 5.74) is -2.41. The summed E-state index contributed by atoms with van der Waals surface area (Å²) in [6.45, 7) is -0.972. The number of ether oxygens (including phenoxy) is 1. The highest BCUT2D eigenvalue weighted by molar-refractivity contribution is 5.83. The SMILES string of the molecule is O=C(COc1ccccc1F)N1CCC(F)(C(=O)O)C1. The van der Waals surface area contributed by atoms with Crippen molar-refractivity contribution in [3.63, 3.8) is 0 Å². The molecule has 5 nitrogen and oxygen atoms in total. The number of carbonyl (C=O) groups excluding carboxylic acids is 1. The lowest BCUT2D eigenvalue weighted by Crippen LogP contribution is -2.40. The minimum atomic E-state index is -2.41. The van der Waals surface area contributed by atoms with E-state index in [1.54, 1.807) is 6.07 Å². The third-order valence-electron chi connectivity index (χ3n) is 3.14. The number of hydrogen-bond acceptors (Lipinski definition) is 3. The van der Waals surface area contributed by atoms with Gasteiger partial charge in [-0.3, -0.25) is 4.79 Å². The Kier molecular flexibility index (Phi) is 3.87. The first-order chi connectivity index (χ1) is 9.42. The Morgan fingerprint density at radius 2 is 2.10 bits per heavy atom. The molecule has 2 rings (SSSR count). The molecule has 0 spiro atoms. The quantitative estimate of drug-likeness (QED) is 0.903. The van der Waals surface area contributed by atoms with E-state index in [0.29, 0.717) is 0 Å². The van der Waals surface area contributed by atoms with Crippen molar-refractivity contribution in [3.8, 4) is 5.75 Å². The van der Waals surface area contributed by atoms with Gasteiger partial charge >= 0.3 is 5.97 Å². The van der Waals surface area contributed by atoms with Gasteiger partial charge in [-0.1, -0.05) is 12.1 Å². The number of likely N-dealkylation sites (tertiary alicyclic amines) is 1. The first-order valence-corrected chi connectivity index (χ1v) is 6.00. The molecule has 1 aromatic carbocycles. The van der Waals surface area contributed by atoms with Crippen LogP contribution in [0.3, 0.4) is 0 Å². The molecule has 1 aromatic rings. The maximum Gasteiger partial charge on any atom is 0.343 e. The fraction of sp³-hybridized carbons (Fsp3) is 0.385. The van der Waals surface area contributed by atoms with Crippen molar-refractivity contribution in [3.05, 3.63) is 30.1 Å². The Labute approximate surface area is 113 Å². The maximum absolute atomic E-state index is 13.8. The molecular formula is C13H13F2NO4. The number of carboxylic acid groups (broad SMARTS) is 1. The summed E-state index contributed by atoms with van der Waals surface area (Å²) in [6.07, 6.45) is -0.256. The van der Waals surface area contributed by atoms with Crippen LogP contribution < -0.4 is 4.74 Å². The molecule has 0 aromatic heterocycles. The fourth-order valence-electron chi connectivity index (χ4n) is 1.95. The lowest BCUT2D eigenvalue weighted by atomic mass is 10.1. The number of benzene rings is 1. The first-order valence-electron chi connectivity index (χ1n) is 6.00. The number of alkyl halides is 1. The van der Waals surface area contributed by atoms with E-state index in [9.17, 15) is 18.4 Å². The van der Waals surface area contributed by atoms with Gasteiger partial charge in [0.1, 0.15) is 0 Å². The van der Waals surface area contributed by atoms with Crippen molar-refractivity contribution in [2.75, 3.05) is 19.7 Å². The molecule has 0 aliphatic carbocycles. The van der Waals surface area contributed by atoms with Gasteiger partial charge < -0.3 is 14.7 Å². The molecule has 1 N–H and O–H groups in total. The van der Waals surface area contributed by atoms with Crippen LogP contribution in [-0.4, -0.2) is 47.2 Å². The Hall–Kier alpha value is -2.18. The molecule has 0 saturated carbocycles. The molecule has 1 aliphatic rings. The van der Waals surface area contributed by atoms with Crippen LogP contribution in [0.2, 0.25) is 0 Å². The normalized spacial score (nSPS) is 21.8. The summed E-state index contributed by atoms with van der Waals surface area (Å²) in [6, 6.07) is 5.58. The molecule has 0 bridgehead atoms. The van der Waals surface area contributed by atoms with Crippen molar-refractivity contribution in [2.24, 2.45) is 0 Å². The third kappa shape index (κ3) is 2.87. The summed E-state index contributed by atoms with van der Waals surface area (Å²) in [7, 11) is 0. The van der Waals surface area contributed by atoms with Crippen molar-refractivity contribution < 1.29 is 28.2 Å². The molecule has 1 atom stereocenters. The number of rotatable bonds is 4. The molecule has 1 fully saturated rings. The highest BCUT2D eigenvalue weighted by Crippen LogP contribution is 2.26. The van der Waals surface area contributed by atoms with Crippen LogP contribution in [0.5, 0.6) is 5.75 Å². The van der Waals surface area contributed by atoms with Gasteiger partial charge in [-0.05, 0) is 12.1 Å². The van der Waals surface area contributed by atoms with Crippen LogP contribution in [0.25, 0.3) is 0 Å². The predicted octanol–water partition coefficient (Wildman–Crippen LogP) is 1.23. The lowest BCUT2D eigenvalue weighted by Gasteiger charge is -2.18. The van der Waals surface area contributed by atoms with Gasteiger partial charge in [0.25, 0.3) is 5.91 Å². The molecule has 1 amide bonds. The number of amides is 1. The van der Waals surface area contributed by atoms with Crippen LogP contribution in [0.1, 0.15) is 6.42 Å². The molecule has 1 saturated heterocycles. The minimum Gasteiger partial charge on any atom is -0.481 e. The van der Waals surface area contributed by atoms with E-state index >= 15 is 0 Å². The minimum absolute atomic E-state index is 0.00225. The number of halogens is 2.